The van der Waals surface area contributed by atoms with Crippen molar-refractivity contribution in [3.8, 4) is 0 Å². The third-order valence-corrected chi connectivity index (χ3v) is 4.28. The molecular formula is C18H22N2O2. The number of amides is 1. The van der Waals surface area contributed by atoms with Crippen molar-refractivity contribution >= 4 is 11.6 Å². The van der Waals surface area contributed by atoms with Crippen molar-refractivity contribution < 1.29 is 9.32 Å². The number of anilines is 1. The van der Waals surface area contributed by atoms with Crippen LogP contribution in [0.15, 0.2) is 22.7 Å². The summed E-state index contributed by atoms with van der Waals surface area (Å²) in [6.07, 6.45) is 4.55. The summed E-state index contributed by atoms with van der Waals surface area (Å²) in [6, 6.07) is 6.16. The molecule has 1 aliphatic rings. The molecule has 1 aromatic carbocycles. The highest BCUT2D eigenvalue weighted by Gasteiger charge is 2.23. The van der Waals surface area contributed by atoms with Gasteiger partial charge in [0.25, 0.3) is 5.91 Å². The zero-order valence-corrected chi connectivity index (χ0v) is 13.4. The highest BCUT2D eigenvalue weighted by Crippen LogP contribution is 2.29. The van der Waals surface area contributed by atoms with E-state index in [0.717, 1.165) is 18.5 Å². The molecule has 0 aliphatic heterocycles. The van der Waals surface area contributed by atoms with E-state index in [0.29, 0.717) is 17.0 Å². The van der Waals surface area contributed by atoms with Crippen LogP contribution in [-0.2, 0) is 12.8 Å². The van der Waals surface area contributed by atoms with Crippen LogP contribution in [0.2, 0.25) is 0 Å². The number of nitrogens with one attached hydrogen (secondary N) is 1. The van der Waals surface area contributed by atoms with Crippen LogP contribution in [0.1, 0.15) is 65.5 Å². The Kier molecular flexibility index (Phi) is 4.01. The largest absolute Gasteiger partial charge is 0.360 e. The number of nitrogens with zero attached hydrogens (tertiary/aromatic N) is 1. The molecule has 1 heterocycles. The van der Waals surface area contributed by atoms with E-state index in [1.54, 1.807) is 0 Å². The second-order valence-corrected chi connectivity index (χ2v) is 6.27. The molecule has 1 aromatic heterocycles. The number of benzene rings is 1. The molecule has 116 valence electrons. The third kappa shape index (κ3) is 2.65. The summed E-state index contributed by atoms with van der Waals surface area (Å²) in [6.45, 7) is 5.81. The molecule has 3 rings (SSSR count). The van der Waals surface area contributed by atoms with Crippen molar-refractivity contribution in [2.45, 2.75) is 52.4 Å². The van der Waals surface area contributed by atoms with E-state index in [1.165, 1.54) is 24.0 Å². The minimum Gasteiger partial charge on any atom is -0.360 e. The van der Waals surface area contributed by atoms with E-state index >= 15 is 0 Å². The minimum absolute atomic E-state index is 0.124. The lowest BCUT2D eigenvalue weighted by Gasteiger charge is -2.19. The van der Waals surface area contributed by atoms with E-state index < -0.39 is 0 Å². The number of rotatable bonds is 3. The van der Waals surface area contributed by atoms with Crippen molar-refractivity contribution in [1.29, 1.82) is 0 Å². The number of carbonyl (C=O) groups excluding carboxylic acids is 1. The topological polar surface area (TPSA) is 55.1 Å². The Hall–Kier alpha value is -2.10. The van der Waals surface area contributed by atoms with Gasteiger partial charge in [0.15, 0.2) is 5.76 Å². The van der Waals surface area contributed by atoms with Crippen molar-refractivity contribution in [2.24, 2.45) is 0 Å². The van der Waals surface area contributed by atoms with Gasteiger partial charge in [-0.1, -0.05) is 31.1 Å². The Morgan fingerprint density at radius 3 is 2.82 bits per heavy atom. The predicted octanol–water partition coefficient (Wildman–Crippen LogP) is 4.24. The van der Waals surface area contributed by atoms with Crippen LogP contribution >= 0.6 is 0 Å². The van der Waals surface area contributed by atoms with E-state index in [9.17, 15) is 4.79 Å². The van der Waals surface area contributed by atoms with Crippen LogP contribution in [0.5, 0.6) is 0 Å². The summed E-state index contributed by atoms with van der Waals surface area (Å²) in [5.41, 5.74) is 4.78. The first kappa shape index (κ1) is 14.8. The first-order chi connectivity index (χ1) is 10.6. The Balaban J connectivity index is 1.91. The summed E-state index contributed by atoms with van der Waals surface area (Å²) >= 11 is 0. The summed E-state index contributed by atoms with van der Waals surface area (Å²) < 4.78 is 5.32. The SMILES string of the molecule is Cc1noc(C(C)C)c1C(=O)Nc1cccc2c1CCCC2. The fourth-order valence-corrected chi connectivity index (χ4v) is 3.14. The van der Waals surface area contributed by atoms with Crippen LogP contribution in [0.25, 0.3) is 0 Å². The molecule has 1 amide bonds. The zero-order chi connectivity index (χ0) is 15.7. The fraction of sp³-hybridized carbons (Fsp3) is 0.444. The Morgan fingerprint density at radius 2 is 2.05 bits per heavy atom. The second-order valence-electron chi connectivity index (χ2n) is 6.27. The zero-order valence-electron chi connectivity index (χ0n) is 13.4. The van der Waals surface area contributed by atoms with Crippen LogP contribution in [0.3, 0.4) is 0 Å². The highest BCUT2D eigenvalue weighted by molar-refractivity contribution is 6.06. The number of hydrogen-bond acceptors (Lipinski definition) is 3. The molecular weight excluding hydrogens is 276 g/mol. The molecule has 2 aromatic rings. The van der Waals surface area contributed by atoms with Crippen LogP contribution in [0.4, 0.5) is 5.69 Å². The van der Waals surface area contributed by atoms with Gasteiger partial charge in [0.1, 0.15) is 5.56 Å². The lowest BCUT2D eigenvalue weighted by atomic mass is 9.90. The number of hydrogen-bond donors (Lipinski definition) is 1. The quantitative estimate of drug-likeness (QED) is 0.922. The Labute approximate surface area is 130 Å². The molecule has 0 saturated heterocycles. The average Bonchev–Trinajstić information content (AvgIpc) is 2.90. The number of carbonyl (C=O) groups is 1. The molecule has 22 heavy (non-hydrogen) atoms. The second kappa shape index (κ2) is 5.95. The first-order valence-corrected chi connectivity index (χ1v) is 7.96. The predicted molar refractivity (Wildman–Crippen MR) is 86.4 cm³/mol. The summed E-state index contributed by atoms with van der Waals surface area (Å²) in [7, 11) is 0. The van der Waals surface area contributed by atoms with Gasteiger partial charge in [-0.25, -0.2) is 0 Å². The van der Waals surface area contributed by atoms with Gasteiger partial charge < -0.3 is 9.84 Å². The molecule has 0 bridgehead atoms. The van der Waals surface area contributed by atoms with Crippen molar-refractivity contribution in [1.82, 2.24) is 5.16 Å². The standard InChI is InChI=1S/C18H22N2O2/c1-11(2)17-16(12(3)20-22-17)18(21)19-15-10-6-8-13-7-4-5-9-14(13)15/h6,8,10-11H,4-5,7,9H2,1-3H3,(H,19,21). The maximum Gasteiger partial charge on any atom is 0.261 e. The van der Waals surface area contributed by atoms with Crippen molar-refractivity contribution in [3.63, 3.8) is 0 Å². The van der Waals surface area contributed by atoms with E-state index in [1.807, 2.05) is 32.9 Å². The Morgan fingerprint density at radius 1 is 1.27 bits per heavy atom. The number of aryl methyl sites for hydroxylation is 2. The van der Waals surface area contributed by atoms with E-state index in [-0.39, 0.29) is 11.8 Å². The molecule has 1 aliphatic carbocycles. The maximum absolute atomic E-state index is 12.7. The summed E-state index contributed by atoms with van der Waals surface area (Å²) in [5.74, 6) is 0.660. The highest BCUT2D eigenvalue weighted by atomic mass is 16.5. The maximum atomic E-state index is 12.7. The van der Waals surface area contributed by atoms with Crippen LogP contribution in [-0.4, -0.2) is 11.1 Å². The average molecular weight is 298 g/mol. The first-order valence-electron chi connectivity index (χ1n) is 7.96. The van der Waals surface area contributed by atoms with Gasteiger partial charge in [-0.15, -0.1) is 0 Å². The smallest absolute Gasteiger partial charge is 0.261 e. The third-order valence-electron chi connectivity index (χ3n) is 4.28. The normalized spacial score (nSPS) is 14.0. The Bertz CT molecular complexity index is 701. The molecule has 0 atom stereocenters. The van der Waals surface area contributed by atoms with Gasteiger partial charge in [-0.3, -0.25) is 4.79 Å². The van der Waals surface area contributed by atoms with Gasteiger partial charge in [0.2, 0.25) is 0 Å². The van der Waals surface area contributed by atoms with Crippen molar-refractivity contribution in [3.05, 3.63) is 46.3 Å². The number of fused-ring (bicyclic) bond motifs is 1. The fourth-order valence-electron chi connectivity index (χ4n) is 3.14. The van der Waals surface area contributed by atoms with E-state index in [2.05, 4.69) is 16.5 Å². The molecule has 0 radical (unpaired) electrons. The van der Waals surface area contributed by atoms with Gasteiger partial charge in [-0.05, 0) is 49.8 Å². The van der Waals surface area contributed by atoms with Gasteiger partial charge in [-0.2, -0.15) is 0 Å². The molecule has 0 saturated carbocycles. The molecule has 4 nitrogen and oxygen atoms in total. The minimum atomic E-state index is -0.124. The molecule has 0 spiro atoms. The van der Waals surface area contributed by atoms with E-state index in [4.69, 9.17) is 4.52 Å². The monoisotopic (exact) mass is 298 g/mol. The molecule has 4 heteroatoms. The molecule has 0 fully saturated rings. The number of aromatic nitrogens is 1. The molecule has 0 unspecified atom stereocenters. The lowest BCUT2D eigenvalue weighted by molar-refractivity contribution is 0.102. The summed E-state index contributed by atoms with van der Waals surface area (Å²) in [4.78, 5) is 12.7. The van der Waals surface area contributed by atoms with Gasteiger partial charge in [0, 0.05) is 11.6 Å². The van der Waals surface area contributed by atoms with Crippen LogP contribution < -0.4 is 5.32 Å². The van der Waals surface area contributed by atoms with Gasteiger partial charge >= 0.3 is 0 Å². The summed E-state index contributed by atoms with van der Waals surface area (Å²) in [5, 5.41) is 7.02. The van der Waals surface area contributed by atoms with Crippen LogP contribution in [0, 0.1) is 6.92 Å². The van der Waals surface area contributed by atoms with Gasteiger partial charge in [0.05, 0.1) is 5.69 Å². The van der Waals surface area contributed by atoms with Crippen molar-refractivity contribution in [2.75, 3.05) is 5.32 Å². The lowest BCUT2D eigenvalue weighted by Crippen LogP contribution is -2.17. The molecule has 1 N–H and O–H groups in total.